The van der Waals surface area contributed by atoms with Gasteiger partial charge in [-0.05, 0) is 30.5 Å². The number of hydrogen-bond acceptors (Lipinski definition) is 4. The van der Waals surface area contributed by atoms with E-state index < -0.39 is 10.0 Å². The van der Waals surface area contributed by atoms with E-state index in [0.717, 1.165) is 11.3 Å². The van der Waals surface area contributed by atoms with E-state index in [2.05, 4.69) is 4.98 Å². The highest BCUT2D eigenvalue weighted by Gasteiger charge is 2.51. The predicted molar refractivity (Wildman–Crippen MR) is 103 cm³/mol. The van der Waals surface area contributed by atoms with Crippen LogP contribution in [0.5, 0.6) is 0 Å². The number of pyridine rings is 1. The number of fused-ring (bicyclic) bond motifs is 1. The zero-order valence-electron chi connectivity index (χ0n) is 15.4. The standard InChI is InChI=1S/C20H23N3O3S/c1-14-7-6-10-18(21-14)20(24)22-11-16-12-23(27(2,25)26)19(17(16)13-22)15-8-4-3-5-9-15/h3-10,16-17,19H,11-13H2,1-2H3/t16-,17-,19+/m1/s1. The highest BCUT2D eigenvalue weighted by molar-refractivity contribution is 7.88. The van der Waals surface area contributed by atoms with Crippen LogP contribution in [0.15, 0.2) is 48.5 Å². The van der Waals surface area contributed by atoms with E-state index in [4.69, 9.17) is 0 Å². The summed E-state index contributed by atoms with van der Waals surface area (Å²) >= 11 is 0. The van der Waals surface area contributed by atoms with E-state index >= 15 is 0 Å². The Balaban J connectivity index is 1.62. The van der Waals surface area contributed by atoms with Crippen LogP contribution in [0.2, 0.25) is 0 Å². The minimum absolute atomic E-state index is 0.0779. The molecule has 2 saturated heterocycles. The van der Waals surface area contributed by atoms with Gasteiger partial charge in [-0.25, -0.2) is 13.4 Å². The number of sulfonamides is 1. The molecule has 0 aliphatic carbocycles. The van der Waals surface area contributed by atoms with Gasteiger partial charge in [-0.15, -0.1) is 0 Å². The van der Waals surface area contributed by atoms with Crippen LogP contribution in [0.1, 0.15) is 27.8 Å². The average molecular weight is 385 g/mol. The lowest BCUT2D eigenvalue weighted by molar-refractivity contribution is 0.0768. The number of carbonyl (C=O) groups excluding carboxylic acids is 1. The monoisotopic (exact) mass is 385 g/mol. The van der Waals surface area contributed by atoms with Crippen LogP contribution >= 0.6 is 0 Å². The van der Waals surface area contributed by atoms with Gasteiger partial charge < -0.3 is 4.90 Å². The molecule has 3 atom stereocenters. The number of nitrogens with zero attached hydrogens (tertiary/aromatic N) is 3. The second-order valence-corrected chi connectivity index (χ2v) is 9.42. The molecule has 2 aliphatic heterocycles. The fraction of sp³-hybridized carbons (Fsp3) is 0.400. The number of likely N-dealkylation sites (tertiary alicyclic amines) is 1. The van der Waals surface area contributed by atoms with Crippen LogP contribution in [0, 0.1) is 18.8 Å². The molecule has 4 rings (SSSR count). The van der Waals surface area contributed by atoms with Crippen LogP contribution in [0.25, 0.3) is 0 Å². The Hall–Kier alpha value is -2.25. The Morgan fingerprint density at radius 3 is 2.44 bits per heavy atom. The molecule has 1 amide bonds. The molecule has 7 heteroatoms. The van der Waals surface area contributed by atoms with Gasteiger partial charge in [-0.3, -0.25) is 4.79 Å². The molecule has 2 aromatic rings. The molecular formula is C20H23N3O3S. The van der Waals surface area contributed by atoms with Crippen molar-refractivity contribution >= 4 is 15.9 Å². The summed E-state index contributed by atoms with van der Waals surface area (Å²) in [5, 5.41) is 0. The first-order chi connectivity index (χ1) is 12.8. The quantitative estimate of drug-likeness (QED) is 0.811. The lowest BCUT2D eigenvalue weighted by Gasteiger charge is -2.28. The predicted octanol–water partition coefficient (Wildman–Crippen LogP) is 2.09. The summed E-state index contributed by atoms with van der Waals surface area (Å²) in [5.74, 6) is 0.153. The number of amides is 1. The third-order valence-corrected chi connectivity index (χ3v) is 6.81. The van der Waals surface area contributed by atoms with E-state index in [0.29, 0.717) is 25.3 Å². The Morgan fingerprint density at radius 2 is 1.78 bits per heavy atom. The van der Waals surface area contributed by atoms with Crippen molar-refractivity contribution in [3.05, 3.63) is 65.5 Å². The molecule has 142 valence electrons. The second kappa shape index (κ2) is 6.73. The summed E-state index contributed by atoms with van der Waals surface area (Å²) < 4.78 is 26.3. The van der Waals surface area contributed by atoms with Crippen LogP contribution in [0.3, 0.4) is 0 Å². The topological polar surface area (TPSA) is 70.6 Å². The lowest BCUT2D eigenvalue weighted by Crippen LogP contribution is -2.37. The Kier molecular flexibility index (Phi) is 4.52. The third-order valence-electron chi connectivity index (χ3n) is 5.58. The van der Waals surface area contributed by atoms with Crippen molar-refractivity contribution in [2.75, 3.05) is 25.9 Å². The molecule has 1 aromatic heterocycles. The first kappa shape index (κ1) is 18.1. The number of rotatable bonds is 3. The molecule has 0 unspecified atom stereocenters. The molecule has 0 saturated carbocycles. The van der Waals surface area contributed by atoms with Crippen molar-refractivity contribution in [1.29, 1.82) is 0 Å². The number of benzene rings is 1. The van der Waals surface area contributed by atoms with Gasteiger partial charge in [-0.2, -0.15) is 4.31 Å². The van der Waals surface area contributed by atoms with Gasteiger partial charge in [0.05, 0.1) is 12.3 Å². The van der Waals surface area contributed by atoms with Gasteiger partial charge >= 0.3 is 0 Å². The van der Waals surface area contributed by atoms with Gasteiger partial charge in [-0.1, -0.05) is 36.4 Å². The van der Waals surface area contributed by atoms with Crippen molar-refractivity contribution in [2.45, 2.75) is 13.0 Å². The highest BCUT2D eigenvalue weighted by atomic mass is 32.2. The maximum atomic E-state index is 12.9. The van der Waals surface area contributed by atoms with Gasteiger partial charge in [0.2, 0.25) is 10.0 Å². The largest absolute Gasteiger partial charge is 0.337 e. The van der Waals surface area contributed by atoms with E-state index in [1.807, 2.05) is 54.3 Å². The summed E-state index contributed by atoms with van der Waals surface area (Å²) in [5.41, 5.74) is 2.25. The minimum Gasteiger partial charge on any atom is -0.337 e. The summed E-state index contributed by atoms with van der Waals surface area (Å²) in [6.45, 7) is 3.43. The summed E-state index contributed by atoms with van der Waals surface area (Å²) in [7, 11) is -3.32. The molecule has 2 aliphatic rings. The molecule has 3 heterocycles. The molecule has 1 aromatic carbocycles. The normalized spacial score (nSPS) is 25.6. The Bertz CT molecular complexity index is 961. The third kappa shape index (κ3) is 3.37. The maximum absolute atomic E-state index is 12.9. The van der Waals surface area contributed by atoms with Crippen LogP contribution in [-0.2, 0) is 10.0 Å². The van der Waals surface area contributed by atoms with E-state index in [-0.39, 0.29) is 23.8 Å². The van der Waals surface area contributed by atoms with Crippen molar-refractivity contribution in [2.24, 2.45) is 11.8 Å². The molecule has 0 radical (unpaired) electrons. The van der Waals surface area contributed by atoms with Gasteiger partial charge in [0.25, 0.3) is 5.91 Å². The molecule has 0 N–H and O–H groups in total. The first-order valence-corrected chi connectivity index (χ1v) is 10.9. The Labute approximate surface area is 159 Å². The van der Waals surface area contributed by atoms with Crippen LogP contribution in [0.4, 0.5) is 0 Å². The number of aryl methyl sites for hydroxylation is 1. The average Bonchev–Trinajstić information content (AvgIpc) is 3.19. The van der Waals surface area contributed by atoms with Gasteiger partial charge in [0.1, 0.15) is 5.69 Å². The molecule has 0 bridgehead atoms. The fourth-order valence-corrected chi connectivity index (χ4v) is 5.55. The molecule has 0 spiro atoms. The fourth-order valence-electron chi connectivity index (χ4n) is 4.40. The molecule has 27 heavy (non-hydrogen) atoms. The molecule has 2 fully saturated rings. The van der Waals surface area contributed by atoms with Crippen molar-refractivity contribution < 1.29 is 13.2 Å². The number of hydrogen-bond donors (Lipinski definition) is 0. The van der Waals surface area contributed by atoms with Crippen molar-refractivity contribution in [1.82, 2.24) is 14.2 Å². The molecule has 6 nitrogen and oxygen atoms in total. The highest BCUT2D eigenvalue weighted by Crippen LogP contribution is 2.46. The SMILES string of the molecule is Cc1cccc(C(=O)N2C[C@@H]3CN(S(C)(=O)=O)[C@@H](c4ccccc4)[C@@H]3C2)n1. The van der Waals surface area contributed by atoms with Gasteiger partial charge in [0, 0.05) is 31.2 Å². The second-order valence-electron chi connectivity index (χ2n) is 7.49. The van der Waals surface area contributed by atoms with Crippen LogP contribution < -0.4 is 0 Å². The summed E-state index contributed by atoms with van der Waals surface area (Å²) in [4.78, 5) is 19.1. The summed E-state index contributed by atoms with van der Waals surface area (Å²) in [6, 6.07) is 14.9. The summed E-state index contributed by atoms with van der Waals surface area (Å²) in [6.07, 6.45) is 1.27. The number of carbonyl (C=O) groups is 1. The van der Waals surface area contributed by atoms with Crippen molar-refractivity contribution in [3.8, 4) is 0 Å². The van der Waals surface area contributed by atoms with Crippen LogP contribution in [-0.4, -0.2) is 54.4 Å². The maximum Gasteiger partial charge on any atom is 0.272 e. The molecular weight excluding hydrogens is 362 g/mol. The van der Waals surface area contributed by atoms with E-state index in [1.165, 1.54) is 6.26 Å². The van der Waals surface area contributed by atoms with E-state index in [1.54, 1.807) is 10.4 Å². The minimum atomic E-state index is -3.32. The zero-order valence-corrected chi connectivity index (χ0v) is 16.3. The zero-order chi connectivity index (χ0) is 19.2. The number of aromatic nitrogens is 1. The van der Waals surface area contributed by atoms with E-state index in [9.17, 15) is 13.2 Å². The van der Waals surface area contributed by atoms with Crippen molar-refractivity contribution in [3.63, 3.8) is 0 Å². The smallest absolute Gasteiger partial charge is 0.272 e. The lowest BCUT2D eigenvalue weighted by atomic mass is 9.90. The van der Waals surface area contributed by atoms with Gasteiger partial charge in [0.15, 0.2) is 0 Å². The Morgan fingerprint density at radius 1 is 1.04 bits per heavy atom. The first-order valence-electron chi connectivity index (χ1n) is 9.09.